The molecule has 1 amide bonds. The van der Waals surface area contributed by atoms with E-state index in [9.17, 15) is 4.79 Å². The number of carbonyl (C=O) groups excluding carboxylic acids is 1. The van der Waals surface area contributed by atoms with Crippen LogP contribution >= 0.6 is 0 Å². The molecule has 2 aromatic rings. The summed E-state index contributed by atoms with van der Waals surface area (Å²) in [6.45, 7) is 5.68. The molecule has 2 aliphatic heterocycles. The van der Waals surface area contributed by atoms with Crippen molar-refractivity contribution in [3.63, 3.8) is 0 Å². The highest BCUT2D eigenvalue weighted by Gasteiger charge is 2.31. The third kappa shape index (κ3) is 3.18. The van der Waals surface area contributed by atoms with E-state index in [0.29, 0.717) is 13.0 Å². The van der Waals surface area contributed by atoms with Crippen molar-refractivity contribution in [1.82, 2.24) is 4.98 Å². The Morgan fingerprint density at radius 3 is 2.88 bits per heavy atom. The van der Waals surface area contributed by atoms with Crippen LogP contribution in [0.15, 0.2) is 36.5 Å². The van der Waals surface area contributed by atoms with E-state index >= 15 is 0 Å². The van der Waals surface area contributed by atoms with Gasteiger partial charge >= 0.3 is 0 Å². The minimum absolute atomic E-state index is 0.138. The van der Waals surface area contributed by atoms with Crippen molar-refractivity contribution in [2.24, 2.45) is 0 Å². The summed E-state index contributed by atoms with van der Waals surface area (Å²) in [5.74, 6) is 1.98. The van der Waals surface area contributed by atoms with Crippen LogP contribution < -0.4 is 15.0 Å². The molecule has 0 unspecified atom stereocenters. The SMILES string of the molecule is CC1(C)Cc2cccc(CNc3ccc(N4CCCC4=O)cn3)c2O1. The van der Waals surface area contributed by atoms with Gasteiger partial charge in [0.05, 0.1) is 11.9 Å². The molecule has 5 nitrogen and oxygen atoms in total. The van der Waals surface area contributed by atoms with Gasteiger partial charge in [0.15, 0.2) is 0 Å². The Morgan fingerprint density at radius 1 is 1.28 bits per heavy atom. The van der Waals surface area contributed by atoms with Crippen LogP contribution in [0.3, 0.4) is 0 Å². The summed E-state index contributed by atoms with van der Waals surface area (Å²) in [5, 5.41) is 3.35. The lowest BCUT2D eigenvalue weighted by atomic mass is 10.0. The van der Waals surface area contributed by atoms with Crippen molar-refractivity contribution in [2.75, 3.05) is 16.8 Å². The Morgan fingerprint density at radius 2 is 2.16 bits per heavy atom. The molecule has 0 radical (unpaired) electrons. The van der Waals surface area contributed by atoms with E-state index in [2.05, 4.69) is 42.3 Å². The summed E-state index contributed by atoms with van der Waals surface area (Å²) >= 11 is 0. The molecular formula is C20H23N3O2. The molecule has 0 saturated carbocycles. The maximum absolute atomic E-state index is 11.8. The summed E-state index contributed by atoms with van der Waals surface area (Å²) in [6.07, 6.45) is 4.26. The average Bonchev–Trinajstić information content (AvgIpc) is 3.15. The molecular weight excluding hydrogens is 314 g/mol. The van der Waals surface area contributed by atoms with Gasteiger partial charge in [-0.1, -0.05) is 18.2 Å². The highest BCUT2D eigenvalue weighted by molar-refractivity contribution is 5.95. The predicted octanol–water partition coefficient (Wildman–Crippen LogP) is 3.53. The molecule has 1 saturated heterocycles. The van der Waals surface area contributed by atoms with E-state index < -0.39 is 0 Å². The maximum Gasteiger partial charge on any atom is 0.227 e. The van der Waals surface area contributed by atoms with E-state index in [-0.39, 0.29) is 11.5 Å². The van der Waals surface area contributed by atoms with Crippen LogP contribution in [0.4, 0.5) is 11.5 Å². The number of amides is 1. The molecule has 4 rings (SSSR count). The normalized spacial score (nSPS) is 18.2. The van der Waals surface area contributed by atoms with Crippen LogP contribution in [0.5, 0.6) is 5.75 Å². The Balaban J connectivity index is 1.44. The third-order valence-corrected chi connectivity index (χ3v) is 4.77. The number of rotatable bonds is 4. The summed E-state index contributed by atoms with van der Waals surface area (Å²) in [5.41, 5.74) is 3.14. The van der Waals surface area contributed by atoms with Crippen LogP contribution in [0.1, 0.15) is 37.8 Å². The van der Waals surface area contributed by atoms with E-state index in [0.717, 1.165) is 42.2 Å². The van der Waals surface area contributed by atoms with Crippen LogP contribution in [0.25, 0.3) is 0 Å². The van der Waals surface area contributed by atoms with Crippen LogP contribution in [0.2, 0.25) is 0 Å². The van der Waals surface area contributed by atoms with E-state index in [1.54, 1.807) is 11.1 Å². The summed E-state index contributed by atoms with van der Waals surface area (Å²) in [7, 11) is 0. The molecule has 1 N–H and O–H groups in total. The van der Waals surface area contributed by atoms with Gasteiger partial charge in [-0.15, -0.1) is 0 Å². The molecule has 5 heteroatoms. The smallest absolute Gasteiger partial charge is 0.227 e. The molecule has 3 heterocycles. The molecule has 0 bridgehead atoms. The maximum atomic E-state index is 11.8. The predicted molar refractivity (Wildman–Crippen MR) is 98.0 cm³/mol. The number of hydrogen-bond donors (Lipinski definition) is 1. The molecule has 1 aromatic carbocycles. The Bertz CT molecular complexity index is 799. The highest BCUT2D eigenvalue weighted by Crippen LogP contribution is 2.37. The third-order valence-electron chi connectivity index (χ3n) is 4.77. The molecule has 1 aromatic heterocycles. The van der Waals surface area contributed by atoms with Crippen molar-refractivity contribution in [3.8, 4) is 5.75 Å². The zero-order valence-corrected chi connectivity index (χ0v) is 14.7. The van der Waals surface area contributed by atoms with Gasteiger partial charge in [-0.25, -0.2) is 4.98 Å². The monoisotopic (exact) mass is 337 g/mol. The van der Waals surface area contributed by atoms with Gasteiger partial charge in [0.25, 0.3) is 0 Å². The molecule has 2 aliphatic rings. The second-order valence-corrected chi connectivity index (χ2v) is 7.35. The number of anilines is 2. The first-order chi connectivity index (χ1) is 12.0. The summed E-state index contributed by atoms with van der Waals surface area (Å²) in [6, 6.07) is 10.2. The number of nitrogens with zero attached hydrogens (tertiary/aromatic N) is 2. The van der Waals surface area contributed by atoms with Crippen molar-refractivity contribution in [3.05, 3.63) is 47.7 Å². The lowest BCUT2D eigenvalue weighted by molar-refractivity contribution is -0.117. The molecule has 0 aliphatic carbocycles. The van der Waals surface area contributed by atoms with Crippen LogP contribution in [-0.4, -0.2) is 23.0 Å². The zero-order chi connectivity index (χ0) is 17.4. The number of nitrogens with one attached hydrogen (secondary N) is 1. The minimum atomic E-state index is -0.138. The van der Waals surface area contributed by atoms with Gasteiger partial charge < -0.3 is 15.0 Å². The van der Waals surface area contributed by atoms with Crippen molar-refractivity contribution in [1.29, 1.82) is 0 Å². The van der Waals surface area contributed by atoms with E-state index in [1.807, 2.05) is 12.1 Å². The zero-order valence-electron chi connectivity index (χ0n) is 14.7. The standard InChI is InChI=1S/C20H23N3O2/c1-20(2)11-14-5-3-6-15(19(14)25-20)12-21-17-9-8-16(13-22-17)23-10-4-7-18(23)24/h3,5-6,8-9,13H,4,7,10-12H2,1-2H3,(H,21,22). The largest absolute Gasteiger partial charge is 0.487 e. The lowest BCUT2D eigenvalue weighted by Crippen LogP contribution is -2.25. The van der Waals surface area contributed by atoms with Crippen LogP contribution in [0, 0.1) is 0 Å². The highest BCUT2D eigenvalue weighted by atomic mass is 16.5. The Kier molecular flexibility index (Phi) is 3.86. The molecule has 1 fully saturated rings. The molecule has 0 spiro atoms. The Hall–Kier alpha value is -2.56. The first kappa shape index (κ1) is 15.9. The van der Waals surface area contributed by atoms with E-state index in [4.69, 9.17) is 4.74 Å². The number of fused-ring (bicyclic) bond motifs is 1. The average molecular weight is 337 g/mol. The summed E-state index contributed by atoms with van der Waals surface area (Å²) < 4.78 is 6.11. The van der Waals surface area contributed by atoms with Crippen molar-refractivity contribution < 1.29 is 9.53 Å². The first-order valence-corrected chi connectivity index (χ1v) is 8.82. The topological polar surface area (TPSA) is 54.5 Å². The number of ether oxygens (including phenoxy) is 1. The number of para-hydroxylation sites is 1. The number of hydrogen-bond acceptors (Lipinski definition) is 4. The van der Waals surface area contributed by atoms with Gasteiger partial charge in [-0.05, 0) is 38.0 Å². The van der Waals surface area contributed by atoms with Crippen molar-refractivity contribution >= 4 is 17.4 Å². The van der Waals surface area contributed by atoms with Gasteiger partial charge in [-0.2, -0.15) is 0 Å². The van der Waals surface area contributed by atoms with Gasteiger partial charge in [0, 0.05) is 31.5 Å². The fourth-order valence-electron chi connectivity index (χ4n) is 3.58. The number of aromatic nitrogens is 1. The second kappa shape index (κ2) is 6.06. The fraction of sp³-hybridized carbons (Fsp3) is 0.400. The molecule has 130 valence electrons. The number of pyridine rings is 1. The van der Waals surface area contributed by atoms with Crippen LogP contribution in [-0.2, 0) is 17.8 Å². The quantitative estimate of drug-likeness (QED) is 0.927. The number of benzene rings is 1. The minimum Gasteiger partial charge on any atom is -0.487 e. The van der Waals surface area contributed by atoms with Crippen molar-refractivity contribution in [2.45, 2.75) is 45.3 Å². The van der Waals surface area contributed by atoms with Gasteiger partial charge in [-0.3, -0.25) is 4.79 Å². The molecule has 0 atom stereocenters. The van der Waals surface area contributed by atoms with Gasteiger partial charge in [0.2, 0.25) is 5.91 Å². The molecule has 25 heavy (non-hydrogen) atoms. The van der Waals surface area contributed by atoms with E-state index in [1.165, 1.54) is 5.56 Å². The first-order valence-electron chi connectivity index (χ1n) is 8.82. The Labute approximate surface area is 148 Å². The second-order valence-electron chi connectivity index (χ2n) is 7.35. The number of carbonyl (C=O) groups is 1. The fourth-order valence-corrected chi connectivity index (χ4v) is 3.58. The van der Waals surface area contributed by atoms with Gasteiger partial charge in [0.1, 0.15) is 17.2 Å². The lowest BCUT2D eigenvalue weighted by Gasteiger charge is -2.18. The summed E-state index contributed by atoms with van der Waals surface area (Å²) in [4.78, 5) is 18.1.